The lowest BCUT2D eigenvalue weighted by atomic mass is 10.2. The molecule has 2 aromatic rings. The highest BCUT2D eigenvalue weighted by atomic mass is 16.5. The van der Waals surface area contributed by atoms with Gasteiger partial charge in [-0.3, -0.25) is 9.69 Å². The average Bonchev–Trinajstić information content (AvgIpc) is 3.15. The molecular weight excluding hydrogens is 296 g/mol. The molecule has 1 aromatic heterocycles. The summed E-state index contributed by atoms with van der Waals surface area (Å²) in [5, 5.41) is 13.4. The van der Waals surface area contributed by atoms with Gasteiger partial charge >= 0.3 is 5.97 Å². The minimum Gasteiger partial charge on any atom is -0.489 e. The number of hydrogen-bond donors (Lipinski definition) is 1. The summed E-state index contributed by atoms with van der Waals surface area (Å²) < 4.78 is 11.2. The van der Waals surface area contributed by atoms with E-state index < -0.39 is 12.0 Å². The van der Waals surface area contributed by atoms with Crippen LogP contribution in [0.5, 0.6) is 5.75 Å². The van der Waals surface area contributed by atoms with Crippen molar-refractivity contribution < 1.29 is 19.2 Å². The van der Waals surface area contributed by atoms with E-state index in [1.54, 1.807) is 0 Å². The van der Waals surface area contributed by atoms with E-state index in [4.69, 9.17) is 9.26 Å². The summed E-state index contributed by atoms with van der Waals surface area (Å²) in [4.78, 5) is 13.4. The second-order valence-corrected chi connectivity index (χ2v) is 5.71. The van der Waals surface area contributed by atoms with Crippen LogP contribution in [0.3, 0.4) is 0 Å². The van der Waals surface area contributed by atoms with Gasteiger partial charge in [0.05, 0.1) is 12.2 Å². The number of ether oxygens (including phenoxy) is 1. The van der Waals surface area contributed by atoms with Gasteiger partial charge in [-0.25, -0.2) is 0 Å². The average molecular weight is 316 g/mol. The minimum absolute atomic E-state index is 0.146. The molecule has 0 amide bonds. The third-order valence-electron chi connectivity index (χ3n) is 4.03. The van der Waals surface area contributed by atoms with Crippen LogP contribution in [0.4, 0.5) is 0 Å². The molecule has 0 aliphatic carbocycles. The molecule has 1 N–H and O–H groups in total. The van der Waals surface area contributed by atoms with Crippen LogP contribution in [0.2, 0.25) is 0 Å². The van der Waals surface area contributed by atoms with E-state index in [9.17, 15) is 9.90 Å². The van der Waals surface area contributed by atoms with Gasteiger partial charge in [-0.05, 0) is 18.6 Å². The van der Waals surface area contributed by atoms with Crippen molar-refractivity contribution in [3.63, 3.8) is 0 Å². The van der Waals surface area contributed by atoms with Gasteiger partial charge in [0.2, 0.25) is 0 Å². The molecule has 1 aromatic carbocycles. The van der Waals surface area contributed by atoms with E-state index in [2.05, 4.69) is 5.16 Å². The maximum absolute atomic E-state index is 11.5. The number of aliphatic carboxylic acids is 1. The molecule has 23 heavy (non-hydrogen) atoms. The second kappa shape index (κ2) is 6.83. The summed E-state index contributed by atoms with van der Waals surface area (Å²) >= 11 is 0. The first-order valence-corrected chi connectivity index (χ1v) is 7.78. The largest absolute Gasteiger partial charge is 0.489 e. The summed E-state index contributed by atoms with van der Waals surface area (Å²) in [5.74, 6) is 0.615. The molecule has 6 heteroatoms. The highest BCUT2D eigenvalue weighted by molar-refractivity contribution is 5.74. The highest BCUT2D eigenvalue weighted by Crippen LogP contribution is 2.25. The SMILES string of the molecule is CCc1cc(CN2C[C@@H](Oc3ccccc3)C[C@H]2C(=O)O)on1. The molecule has 122 valence electrons. The molecule has 2 atom stereocenters. The van der Waals surface area contributed by atoms with Crippen LogP contribution in [0.15, 0.2) is 40.9 Å². The van der Waals surface area contributed by atoms with E-state index in [0.717, 1.165) is 17.9 Å². The molecule has 2 heterocycles. The van der Waals surface area contributed by atoms with Crippen LogP contribution in [0.25, 0.3) is 0 Å². The number of nitrogens with zero attached hydrogens (tertiary/aromatic N) is 2. The molecule has 0 bridgehead atoms. The number of para-hydroxylation sites is 1. The van der Waals surface area contributed by atoms with Crippen molar-refractivity contribution >= 4 is 5.97 Å². The van der Waals surface area contributed by atoms with Crippen LogP contribution in [0, 0.1) is 0 Å². The van der Waals surface area contributed by atoms with E-state index >= 15 is 0 Å². The van der Waals surface area contributed by atoms with Crippen molar-refractivity contribution in [2.45, 2.75) is 38.5 Å². The van der Waals surface area contributed by atoms with E-state index in [-0.39, 0.29) is 6.10 Å². The molecule has 0 spiro atoms. The Balaban J connectivity index is 1.67. The molecule has 1 fully saturated rings. The standard InChI is InChI=1S/C17H20N2O4/c1-2-12-8-15(23-18-12)11-19-10-14(9-16(19)17(20)21)22-13-6-4-3-5-7-13/h3-8,14,16H,2,9-11H2,1H3,(H,20,21)/t14-,16-/m0/s1. The van der Waals surface area contributed by atoms with E-state index in [1.807, 2.05) is 48.2 Å². The summed E-state index contributed by atoms with van der Waals surface area (Å²) in [5.41, 5.74) is 0.878. The number of carboxylic acid groups (broad SMARTS) is 1. The van der Waals surface area contributed by atoms with Crippen LogP contribution < -0.4 is 4.74 Å². The van der Waals surface area contributed by atoms with Gasteiger partial charge in [-0.15, -0.1) is 0 Å². The van der Waals surface area contributed by atoms with Crippen LogP contribution >= 0.6 is 0 Å². The molecule has 0 saturated carbocycles. The summed E-state index contributed by atoms with van der Waals surface area (Å²) in [7, 11) is 0. The molecule has 0 radical (unpaired) electrons. The lowest BCUT2D eigenvalue weighted by Crippen LogP contribution is -2.35. The second-order valence-electron chi connectivity index (χ2n) is 5.71. The monoisotopic (exact) mass is 316 g/mol. The number of benzene rings is 1. The third kappa shape index (κ3) is 3.71. The molecular formula is C17H20N2O4. The number of hydrogen-bond acceptors (Lipinski definition) is 5. The molecule has 1 saturated heterocycles. The zero-order chi connectivity index (χ0) is 16.2. The van der Waals surface area contributed by atoms with Gasteiger partial charge < -0.3 is 14.4 Å². The number of likely N-dealkylation sites (tertiary alicyclic amines) is 1. The summed E-state index contributed by atoms with van der Waals surface area (Å²) in [6.07, 6.45) is 1.11. The number of carboxylic acids is 1. The van der Waals surface area contributed by atoms with Crippen LogP contribution in [0.1, 0.15) is 24.8 Å². The predicted octanol–water partition coefficient (Wildman–Crippen LogP) is 2.34. The minimum atomic E-state index is -0.834. The van der Waals surface area contributed by atoms with E-state index in [0.29, 0.717) is 25.3 Å². The fourth-order valence-corrected chi connectivity index (χ4v) is 2.87. The quantitative estimate of drug-likeness (QED) is 0.881. The Morgan fingerprint density at radius 2 is 2.22 bits per heavy atom. The summed E-state index contributed by atoms with van der Waals surface area (Å²) in [6.45, 7) is 2.98. The van der Waals surface area contributed by atoms with Crippen LogP contribution in [-0.4, -0.2) is 39.8 Å². The van der Waals surface area contributed by atoms with Crippen LogP contribution in [-0.2, 0) is 17.8 Å². The number of carbonyl (C=O) groups is 1. The zero-order valence-electron chi connectivity index (χ0n) is 13.0. The maximum Gasteiger partial charge on any atom is 0.321 e. The Labute approximate surface area is 134 Å². The van der Waals surface area contributed by atoms with Crippen molar-refractivity contribution in [3.05, 3.63) is 47.9 Å². The Bertz CT molecular complexity index is 656. The fraction of sp³-hybridized carbons (Fsp3) is 0.412. The number of aryl methyl sites for hydroxylation is 1. The number of rotatable bonds is 6. The molecule has 3 rings (SSSR count). The van der Waals surface area contributed by atoms with Crippen molar-refractivity contribution in [2.24, 2.45) is 0 Å². The van der Waals surface area contributed by atoms with E-state index in [1.165, 1.54) is 0 Å². The van der Waals surface area contributed by atoms with Gasteiger partial charge in [-0.1, -0.05) is 30.3 Å². The van der Waals surface area contributed by atoms with Crippen molar-refractivity contribution in [2.75, 3.05) is 6.54 Å². The van der Waals surface area contributed by atoms with Crippen molar-refractivity contribution in [1.82, 2.24) is 10.1 Å². The molecule has 6 nitrogen and oxygen atoms in total. The molecule has 0 unspecified atom stereocenters. The first kappa shape index (κ1) is 15.6. The molecule has 1 aliphatic heterocycles. The van der Waals surface area contributed by atoms with Gasteiger partial charge in [0, 0.05) is 19.0 Å². The Hall–Kier alpha value is -2.34. The fourth-order valence-electron chi connectivity index (χ4n) is 2.87. The topological polar surface area (TPSA) is 75.8 Å². The van der Waals surface area contributed by atoms with Crippen molar-refractivity contribution in [3.8, 4) is 5.75 Å². The lowest BCUT2D eigenvalue weighted by molar-refractivity contribution is -0.142. The lowest BCUT2D eigenvalue weighted by Gasteiger charge is -2.18. The van der Waals surface area contributed by atoms with Crippen molar-refractivity contribution in [1.29, 1.82) is 0 Å². The Morgan fingerprint density at radius 1 is 1.43 bits per heavy atom. The third-order valence-corrected chi connectivity index (χ3v) is 4.03. The molecule has 1 aliphatic rings. The predicted molar refractivity (Wildman–Crippen MR) is 83.2 cm³/mol. The Morgan fingerprint density at radius 3 is 2.87 bits per heavy atom. The van der Waals surface area contributed by atoms with Gasteiger partial charge in [-0.2, -0.15) is 0 Å². The van der Waals surface area contributed by atoms with Gasteiger partial charge in [0.25, 0.3) is 0 Å². The maximum atomic E-state index is 11.5. The normalized spacial score (nSPS) is 21.4. The zero-order valence-corrected chi connectivity index (χ0v) is 13.0. The first-order chi connectivity index (χ1) is 11.2. The Kier molecular flexibility index (Phi) is 4.62. The van der Waals surface area contributed by atoms with Gasteiger partial charge in [0.15, 0.2) is 5.76 Å². The van der Waals surface area contributed by atoms with Gasteiger partial charge in [0.1, 0.15) is 17.9 Å². The highest BCUT2D eigenvalue weighted by Gasteiger charge is 2.38. The first-order valence-electron chi connectivity index (χ1n) is 7.78. The smallest absolute Gasteiger partial charge is 0.321 e. The summed E-state index contributed by atoms with van der Waals surface area (Å²) in [6, 6.07) is 10.8. The number of aromatic nitrogens is 1.